The van der Waals surface area contributed by atoms with Crippen molar-refractivity contribution < 1.29 is 32.2 Å². The lowest BCUT2D eigenvalue weighted by Crippen LogP contribution is -2.37. The van der Waals surface area contributed by atoms with Crippen LogP contribution < -0.4 is 14.5 Å². The van der Waals surface area contributed by atoms with Crippen molar-refractivity contribution in [3.63, 3.8) is 0 Å². The van der Waals surface area contributed by atoms with E-state index in [2.05, 4.69) is 29.7 Å². The van der Waals surface area contributed by atoms with Crippen molar-refractivity contribution in [1.82, 2.24) is 29.9 Å². The smallest absolute Gasteiger partial charge is 0.433 e. The summed E-state index contributed by atoms with van der Waals surface area (Å²) in [4.78, 5) is 42.2. The number of carbonyl (C=O) groups is 1. The minimum atomic E-state index is -4.68. The van der Waals surface area contributed by atoms with Crippen LogP contribution in [-0.2, 0) is 20.4 Å². The molecular formula is C35H43F3N8O4. The van der Waals surface area contributed by atoms with Crippen LogP contribution in [0.1, 0.15) is 58.1 Å². The fourth-order valence-electron chi connectivity index (χ4n) is 7.14. The summed E-state index contributed by atoms with van der Waals surface area (Å²) < 4.78 is 58.0. The van der Waals surface area contributed by atoms with Crippen molar-refractivity contribution in [2.75, 3.05) is 63.4 Å². The molecule has 1 aliphatic carbocycles. The molecule has 4 aromatic heterocycles. The summed E-state index contributed by atoms with van der Waals surface area (Å²) >= 11 is 0. The second-order valence-electron chi connectivity index (χ2n) is 13.1. The number of piperidine rings is 1. The molecule has 1 aliphatic heterocycles. The standard InChI is InChI=1S/C35H43F3N8O4/c1-5-49-29-16-23(15-27(42-29)35(36,37)38)24-17-26(45(3)20-34(21-48-4)11-7-8-12-34)30-32(41-24)44-31(43-30)25-18-40-28(19-39-25)46-13-9-22(10-14-46)33(47)50-6-2/h15-19,22H,5-14,20-21H2,1-4H3,(H,41,43,44). The number of alkyl halides is 3. The van der Waals surface area contributed by atoms with Gasteiger partial charge in [-0.1, -0.05) is 12.8 Å². The summed E-state index contributed by atoms with van der Waals surface area (Å²) in [6.07, 6.45) is 4.23. The third-order valence-corrected chi connectivity index (χ3v) is 9.54. The number of hydrogen-bond donors (Lipinski definition) is 1. The molecule has 2 fully saturated rings. The lowest BCUT2D eigenvalue weighted by molar-refractivity contribution is -0.148. The number of aromatic nitrogens is 6. The number of hydrogen-bond acceptors (Lipinski definition) is 11. The van der Waals surface area contributed by atoms with E-state index in [0.29, 0.717) is 79.9 Å². The van der Waals surface area contributed by atoms with Crippen molar-refractivity contribution >= 4 is 28.6 Å². The van der Waals surface area contributed by atoms with Crippen LogP contribution in [0.3, 0.4) is 0 Å². The van der Waals surface area contributed by atoms with E-state index in [-0.39, 0.29) is 35.4 Å². The van der Waals surface area contributed by atoms with E-state index in [9.17, 15) is 18.0 Å². The second kappa shape index (κ2) is 14.8. The molecule has 50 heavy (non-hydrogen) atoms. The summed E-state index contributed by atoms with van der Waals surface area (Å²) in [6.45, 7) is 6.61. The van der Waals surface area contributed by atoms with Crippen LogP contribution in [0.25, 0.3) is 33.9 Å². The number of nitrogens with one attached hydrogen (secondary N) is 1. The number of imidazole rings is 1. The number of ether oxygens (including phenoxy) is 3. The molecule has 12 nitrogen and oxygen atoms in total. The average molecular weight is 697 g/mol. The maximum absolute atomic E-state index is 13.9. The number of aromatic amines is 1. The van der Waals surface area contributed by atoms with Gasteiger partial charge >= 0.3 is 12.1 Å². The molecule has 15 heteroatoms. The number of methoxy groups -OCH3 is 1. The van der Waals surface area contributed by atoms with Crippen LogP contribution in [0.4, 0.5) is 24.7 Å². The van der Waals surface area contributed by atoms with Crippen LogP contribution in [-0.4, -0.2) is 89.5 Å². The van der Waals surface area contributed by atoms with Crippen molar-refractivity contribution in [2.45, 2.75) is 58.5 Å². The van der Waals surface area contributed by atoms with E-state index >= 15 is 0 Å². The highest BCUT2D eigenvalue weighted by Crippen LogP contribution is 2.41. The molecule has 0 bridgehead atoms. The third-order valence-electron chi connectivity index (χ3n) is 9.54. The van der Waals surface area contributed by atoms with Gasteiger partial charge in [-0.2, -0.15) is 13.2 Å². The lowest BCUT2D eigenvalue weighted by Gasteiger charge is -2.34. The Balaban J connectivity index is 1.36. The Morgan fingerprint density at radius 1 is 1.02 bits per heavy atom. The van der Waals surface area contributed by atoms with E-state index in [1.54, 1.807) is 39.4 Å². The molecule has 268 valence electrons. The number of H-pyrrole nitrogens is 1. The number of halogens is 3. The molecule has 0 spiro atoms. The minimum absolute atomic E-state index is 0.0591. The van der Waals surface area contributed by atoms with Gasteiger partial charge in [-0.05, 0) is 51.7 Å². The molecule has 0 radical (unpaired) electrons. The number of rotatable bonds is 12. The number of esters is 1. The van der Waals surface area contributed by atoms with Gasteiger partial charge in [0.2, 0.25) is 5.88 Å². The molecule has 0 amide bonds. The zero-order valence-corrected chi connectivity index (χ0v) is 28.8. The predicted molar refractivity (Wildman–Crippen MR) is 182 cm³/mol. The van der Waals surface area contributed by atoms with Gasteiger partial charge in [-0.15, -0.1) is 0 Å². The first-order chi connectivity index (χ1) is 24.0. The molecule has 1 saturated heterocycles. The summed E-state index contributed by atoms with van der Waals surface area (Å²) in [7, 11) is 3.67. The maximum Gasteiger partial charge on any atom is 0.433 e. The van der Waals surface area contributed by atoms with Crippen LogP contribution in [0.15, 0.2) is 30.6 Å². The normalized spacial score (nSPS) is 16.6. The molecule has 0 atom stereocenters. The molecule has 1 N–H and O–H groups in total. The van der Waals surface area contributed by atoms with E-state index < -0.39 is 11.9 Å². The summed E-state index contributed by atoms with van der Waals surface area (Å²) in [5.74, 6) is 0.706. The van der Waals surface area contributed by atoms with Crippen LogP contribution in [0.5, 0.6) is 5.88 Å². The number of carbonyl (C=O) groups excluding carboxylic acids is 1. The Morgan fingerprint density at radius 2 is 1.78 bits per heavy atom. The Kier molecular flexibility index (Phi) is 10.4. The summed E-state index contributed by atoms with van der Waals surface area (Å²) in [5.41, 5.74) is 1.53. The Hall–Kier alpha value is -4.53. The van der Waals surface area contributed by atoms with E-state index in [1.807, 2.05) is 7.05 Å². The molecule has 6 rings (SSSR count). The zero-order valence-electron chi connectivity index (χ0n) is 28.8. The fraction of sp³-hybridized carbons (Fsp3) is 0.543. The predicted octanol–water partition coefficient (Wildman–Crippen LogP) is 6.32. The fourth-order valence-corrected chi connectivity index (χ4v) is 7.14. The SMILES string of the molecule is CCOC(=O)C1CCN(c2cnc(-c3nc4nc(-c5cc(OCC)nc(C(F)(F)F)c5)cc(N(C)CC5(COC)CCCC5)c4[nH]3)cn2)CC1. The Morgan fingerprint density at radius 3 is 2.42 bits per heavy atom. The van der Waals surface area contributed by atoms with Gasteiger partial charge in [-0.25, -0.2) is 24.9 Å². The number of fused-ring (bicyclic) bond motifs is 1. The monoisotopic (exact) mass is 696 g/mol. The first-order valence-corrected chi connectivity index (χ1v) is 17.1. The third kappa shape index (κ3) is 7.62. The first-order valence-electron chi connectivity index (χ1n) is 17.1. The maximum atomic E-state index is 13.9. The van der Waals surface area contributed by atoms with Crippen molar-refractivity contribution in [1.29, 1.82) is 0 Å². The zero-order chi connectivity index (χ0) is 35.5. The Bertz CT molecular complexity index is 1790. The molecule has 0 unspecified atom stereocenters. The molecule has 1 saturated carbocycles. The van der Waals surface area contributed by atoms with E-state index in [0.717, 1.165) is 37.4 Å². The van der Waals surface area contributed by atoms with Gasteiger partial charge in [0.15, 0.2) is 11.5 Å². The van der Waals surface area contributed by atoms with Crippen molar-refractivity contribution in [2.24, 2.45) is 11.3 Å². The highest BCUT2D eigenvalue weighted by Gasteiger charge is 2.36. The number of anilines is 2. The van der Waals surface area contributed by atoms with Crippen LogP contribution >= 0.6 is 0 Å². The molecule has 5 heterocycles. The number of nitrogens with zero attached hydrogens (tertiary/aromatic N) is 7. The Labute approximate surface area is 288 Å². The minimum Gasteiger partial charge on any atom is -0.478 e. The second-order valence-corrected chi connectivity index (χ2v) is 13.1. The summed E-state index contributed by atoms with van der Waals surface area (Å²) in [5, 5.41) is 0. The average Bonchev–Trinajstić information content (AvgIpc) is 3.75. The molecule has 4 aromatic rings. The molecule has 2 aliphatic rings. The van der Waals surface area contributed by atoms with Crippen LogP contribution in [0, 0.1) is 11.3 Å². The van der Waals surface area contributed by atoms with Crippen molar-refractivity contribution in [3.8, 4) is 28.7 Å². The molecule has 0 aromatic carbocycles. The lowest BCUT2D eigenvalue weighted by atomic mass is 9.86. The quantitative estimate of drug-likeness (QED) is 0.167. The first kappa shape index (κ1) is 35.3. The van der Waals surface area contributed by atoms with Gasteiger partial charge in [0.1, 0.15) is 22.7 Å². The van der Waals surface area contributed by atoms with Gasteiger partial charge in [-0.3, -0.25) is 4.79 Å². The highest BCUT2D eigenvalue weighted by molar-refractivity contribution is 5.91. The van der Waals surface area contributed by atoms with Crippen molar-refractivity contribution in [3.05, 3.63) is 36.3 Å². The van der Waals surface area contributed by atoms with Gasteiger partial charge in [0, 0.05) is 50.8 Å². The number of pyridine rings is 2. The topological polar surface area (TPSA) is 131 Å². The van der Waals surface area contributed by atoms with E-state index in [4.69, 9.17) is 24.2 Å². The van der Waals surface area contributed by atoms with Gasteiger partial charge in [0.25, 0.3) is 0 Å². The largest absolute Gasteiger partial charge is 0.478 e. The van der Waals surface area contributed by atoms with Crippen LogP contribution in [0.2, 0.25) is 0 Å². The van der Waals surface area contributed by atoms with Gasteiger partial charge < -0.3 is 29.0 Å². The van der Waals surface area contributed by atoms with Gasteiger partial charge in [0.05, 0.1) is 49.5 Å². The van der Waals surface area contributed by atoms with E-state index in [1.165, 1.54) is 6.07 Å². The molecular weight excluding hydrogens is 653 g/mol. The highest BCUT2D eigenvalue weighted by atomic mass is 19.4. The summed E-state index contributed by atoms with van der Waals surface area (Å²) in [6, 6.07) is 4.23.